The second-order valence-electron chi connectivity index (χ2n) is 8.97. The van der Waals surface area contributed by atoms with Crippen molar-refractivity contribution in [1.29, 1.82) is 5.26 Å². The zero-order valence-corrected chi connectivity index (χ0v) is 20.0. The van der Waals surface area contributed by atoms with Gasteiger partial charge in [-0.2, -0.15) is 23.5 Å². The first-order valence-corrected chi connectivity index (χ1v) is 11.8. The van der Waals surface area contributed by atoms with Crippen molar-refractivity contribution in [3.8, 4) is 17.3 Å². The van der Waals surface area contributed by atoms with Gasteiger partial charge >= 0.3 is 6.18 Å². The Balaban J connectivity index is 1.26. The van der Waals surface area contributed by atoms with Gasteiger partial charge in [0.2, 0.25) is 0 Å². The van der Waals surface area contributed by atoms with Gasteiger partial charge in [0.1, 0.15) is 17.8 Å². The van der Waals surface area contributed by atoms with Gasteiger partial charge in [-0.15, -0.1) is 0 Å². The molecule has 13 heteroatoms. The fraction of sp³-hybridized carbons (Fsp3) is 0.320. The molecule has 1 aliphatic rings. The first-order chi connectivity index (χ1) is 18.2. The van der Waals surface area contributed by atoms with E-state index in [1.807, 2.05) is 17.2 Å². The Kier molecular flexibility index (Phi) is 6.81. The average Bonchev–Trinajstić information content (AvgIpc) is 3.58. The van der Waals surface area contributed by atoms with Crippen LogP contribution in [-0.2, 0) is 6.18 Å². The molecule has 1 aliphatic heterocycles. The number of hydrogen-bond donors (Lipinski definition) is 1. The number of carbonyl (C=O) groups is 1. The minimum absolute atomic E-state index is 0.189. The lowest BCUT2D eigenvalue weighted by atomic mass is 10.0. The van der Waals surface area contributed by atoms with Crippen molar-refractivity contribution in [2.45, 2.75) is 18.6 Å². The van der Waals surface area contributed by atoms with Crippen LogP contribution in [0.4, 0.5) is 17.6 Å². The van der Waals surface area contributed by atoms with E-state index >= 15 is 0 Å². The molecule has 1 atom stereocenters. The van der Waals surface area contributed by atoms with Gasteiger partial charge in [0.05, 0.1) is 41.5 Å². The molecule has 3 aromatic heterocycles. The van der Waals surface area contributed by atoms with Crippen molar-refractivity contribution in [2.75, 3.05) is 32.7 Å². The second kappa shape index (κ2) is 10.2. The summed E-state index contributed by atoms with van der Waals surface area (Å²) in [5, 5.41) is 14.7. The van der Waals surface area contributed by atoms with Crippen LogP contribution in [0.1, 0.15) is 28.4 Å². The van der Waals surface area contributed by atoms with E-state index in [1.54, 1.807) is 17.1 Å². The predicted octanol–water partition coefficient (Wildman–Crippen LogP) is 3.89. The molecule has 38 heavy (non-hydrogen) atoms. The number of H-pyrrole nitrogens is 1. The number of piperazine rings is 1. The molecule has 196 valence electrons. The number of aromatic nitrogens is 5. The summed E-state index contributed by atoms with van der Waals surface area (Å²) in [6.45, 7) is 1.66. The van der Waals surface area contributed by atoms with Crippen molar-refractivity contribution in [1.82, 2.24) is 34.5 Å². The van der Waals surface area contributed by atoms with Crippen LogP contribution in [0.15, 0.2) is 49.2 Å². The highest BCUT2D eigenvalue weighted by Gasteiger charge is 2.37. The number of carbonyl (C=O) groups excluding carboxylic acids is 1. The zero-order valence-electron chi connectivity index (χ0n) is 20.0. The Morgan fingerprint density at radius 2 is 1.95 bits per heavy atom. The van der Waals surface area contributed by atoms with E-state index in [2.05, 4.69) is 26.1 Å². The topological polar surface area (TPSA) is 107 Å². The van der Waals surface area contributed by atoms with Gasteiger partial charge in [-0.3, -0.25) is 14.4 Å². The van der Waals surface area contributed by atoms with Gasteiger partial charge in [-0.25, -0.2) is 14.4 Å². The fourth-order valence-electron chi connectivity index (χ4n) is 4.65. The number of aromatic amines is 1. The maximum Gasteiger partial charge on any atom is 0.417 e. The molecule has 4 aromatic rings. The molecule has 0 spiro atoms. The second-order valence-corrected chi connectivity index (χ2v) is 8.97. The Bertz CT molecular complexity index is 1500. The quantitative estimate of drug-likeness (QED) is 0.382. The largest absolute Gasteiger partial charge is 0.417 e. The highest BCUT2D eigenvalue weighted by atomic mass is 19.4. The standard InChI is InChI=1S/C25H22F4N8O/c26-17-1-2-19(21(11-17)25(27,28)29)24(38)36-9-7-35(8-10-36)14-18(3-5-30)37-13-16(12-34-37)22-20-4-6-31-23(20)33-15-32-22/h1-2,4,6,11-13,15,18H,3,7-10,14H2,(H,31,32,33). The van der Waals surface area contributed by atoms with Crippen molar-refractivity contribution in [3.05, 3.63) is 66.1 Å². The summed E-state index contributed by atoms with van der Waals surface area (Å²) in [6, 6.07) is 5.85. The van der Waals surface area contributed by atoms with E-state index < -0.39 is 29.0 Å². The Morgan fingerprint density at radius 3 is 2.68 bits per heavy atom. The molecule has 0 bridgehead atoms. The van der Waals surface area contributed by atoms with Crippen molar-refractivity contribution < 1.29 is 22.4 Å². The first-order valence-electron chi connectivity index (χ1n) is 11.8. The van der Waals surface area contributed by atoms with Gasteiger partial charge in [0, 0.05) is 56.1 Å². The molecule has 5 rings (SSSR count). The third kappa shape index (κ3) is 5.08. The van der Waals surface area contributed by atoms with Gasteiger partial charge in [0.15, 0.2) is 0 Å². The smallest absolute Gasteiger partial charge is 0.346 e. The van der Waals surface area contributed by atoms with E-state index in [-0.39, 0.29) is 25.6 Å². The van der Waals surface area contributed by atoms with Crippen molar-refractivity contribution in [2.24, 2.45) is 0 Å². The summed E-state index contributed by atoms with van der Waals surface area (Å²) in [7, 11) is 0. The lowest BCUT2D eigenvalue weighted by Gasteiger charge is -2.36. The zero-order chi connectivity index (χ0) is 26.9. The molecule has 1 fully saturated rings. The van der Waals surface area contributed by atoms with Crippen LogP contribution in [0.25, 0.3) is 22.3 Å². The predicted molar refractivity (Wildman–Crippen MR) is 128 cm³/mol. The summed E-state index contributed by atoms with van der Waals surface area (Å²) in [4.78, 5) is 27.8. The molecule has 1 aromatic carbocycles. The van der Waals surface area contributed by atoms with Crippen LogP contribution in [0, 0.1) is 17.1 Å². The van der Waals surface area contributed by atoms with Crippen LogP contribution in [0.3, 0.4) is 0 Å². The lowest BCUT2D eigenvalue weighted by Crippen LogP contribution is -2.50. The minimum Gasteiger partial charge on any atom is -0.346 e. The molecular formula is C25H22F4N8O. The number of rotatable bonds is 6. The molecular weight excluding hydrogens is 504 g/mol. The Labute approximate surface area is 214 Å². The van der Waals surface area contributed by atoms with E-state index in [9.17, 15) is 27.6 Å². The number of fused-ring (bicyclic) bond motifs is 1. The first kappa shape index (κ1) is 25.3. The lowest BCUT2D eigenvalue weighted by molar-refractivity contribution is -0.138. The molecule has 0 saturated carbocycles. The normalized spacial score (nSPS) is 15.5. The number of nitrogens with one attached hydrogen (secondary N) is 1. The van der Waals surface area contributed by atoms with Gasteiger partial charge in [-0.05, 0) is 24.3 Å². The summed E-state index contributed by atoms with van der Waals surface area (Å²) in [5.74, 6) is -1.84. The summed E-state index contributed by atoms with van der Waals surface area (Å²) in [5.41, 5.74) is 0.334. The molecule has 9 nitrogen and oxygen atoms in total. The van der Waals surface area contributed by atoms with Crippen molar-refractivity contribution in [3.63, 3.8) is 0 Å². The monoisotopic (exact) mass is 526 g/mol. The number of hydrogen-bond acceptors (Lipinski definition) is 6. The molecule has 1 saturated heterocycles. The van der Waals surface area contributed by atoms with E-state index in [0.29, 0.717) is 37.0 Å². The van der Waals surface area contributed by atoms with E-state index in [1.165, 1.54) is 11.2 Å². The fourth-order valence-corrected chi connectivity index (χ4v) is 4.65. The number of nitriles is 1. The molecule has 1 unspecified atom stereocenters. The molecule has 0 aliphatic carbocycles. The van der Waals surface area contributed by atoms with Gasteiger partial charge in [0.25, 0.3) is 5.91 Å². The summed E-state index contributed by atoms with van der Waals surface area (Å²) in [6.07, 6.45) is 2.08. The molecule has 4 heterocycles. The number of amides is 1. The summed E-state index contributed by atoms with van der Waals surface area (Å²) >= 11 is 0. The molecule has 1 N–H and O–H groups in total. The number of nitrogens with zero attached hydrogens (tertiary/aromatic N) is 7. The number of alkyl halides is 3. The average molecular weight is 526 g/mol. The third-order valence-corrected chi connectivity index (χ3v) is 6.58. The Hall–Kier alpha value is -4.31. The van der Waals surface area contributed by atoms with Gasteiger partial charge in [-0.1, -0.05) is 0 Å². The molecule has 0 radical (unpaired) electrons. The third-order valence-electron chi connectivity index (χ3n) is 6.58. The van der Waals surface area contributed by atoms with Crippen LogP contribution in [-0.4, -0.2) is 73.2 Å². The van der Waals surface area contributed by atoms with E-state index in [4.69, 9.17) is 0 Å². The SMILES string of the molecule is N#CCC(CN1CCN(C(=O)c2ccc(F)cc2C(F)(F)F)CC1)n1cc(-c2ncnc3[nH]ccc23)cn1. The van der Waals surface area contributed by atoms with Crippen LogP contribution in [0.2, 0.25) is 0 Å². The number of halogens is 4. The maximum absolute atomic E-state index is 13.4. The van der Waals surface area contributed by atoms with Crippen LogP contribution >= 0.6 is 0 Å². The van der Waals surface area contributed by atoms with E-state index in [0.717, 1.165) is 23.1 Å². The molecule has 1 amide bonds. The number of benzene rings is 1. The minimum atomic E-state index is -4.85. The van der Waals surface area contributed by atoms with Crippen LogP contribution in [0.5, 0.6) is 0 Å². The van der Waals surface area contributed by atoms with Crippen molar-refractivity contribution >= 4 is 16.9 Å². The highest BCUT2D eigenvalue weighted by Crippen LogP contribution is 2.33. The Morgan fingerprint density at radius 1 is 1.16 bits per heavy atom. The highest BCUT2D eigenvalue weighted by molar-refractivity contribution is 5.96. The summed E-state index contributed by atoms with van der Waals surface area (Å²) < 4.78 is 55.3. The van der Waals surface area contributed by atoms with Gasteiger partial charge < -0.3 is 9.88 Å². The maximum atomic E-state index is 13.4. The van der Waals surface area contributed by atoms with Crippen LogP contribution < -0.4 is 0 Å².